The van der Waals surface area contributed by atoms with Gasteiger partial charge in [-0.2, -0.15) is 0 Å². The molecule has 1 aromatic heterocycles. The third kappa shape index (κ3) is 6.76. The highest BCUT2D eigenvalue weighted by atomic mass is 16.7. The average Bonchev–Trinajstić information content (AvgIpc) is 3.72. The van der Waals surface area contributed by atoms with Crippen LogP contribution in [0, 0.1) is 16.7 Å². The highest BCUT2D eigenvalue weighted by molar-refractivity contribution is 5.99. The summed E-state index contributed by atoms with van der Waals surface area (Å²) in [5.74, 6) is -10.1. The second kappa shape index (κ2) is 15.3. The van der Waals surface area contributed by atoms with Crippen LogP contribution in [0.4, 0.5) is 0 Å². The van der Waals surface area contributed by atoms with Crippen LogP contribution < -0.4 is 5.32 Å². The predicted molar refractivity (Wildman–Crippen MR) is 210 cm³/mol. The lowest BCUT2D eigenvalue weighted by atomic mass is 9.46. The smallest absolute Gasteiger partial charge is 0.338 e. The minimum Gasteiger partial charge on any atom is -0.472 e. The number of furan rings is 1. The number of benzene rings is 2. The zero-order valence-electron chi connectivity index (χ0n) is 34.7. The van der Waals surface area contributed by atoms with E-state index in [4.69, 9.17) is 28.1 Å². The summed E-state index contributed by atoms with van der Waals surface area (Å²) in [6, 6.07) is 15.9. The molecule has 61 heavy (non-hydrogen) atoms. The molecule has 1 amide bonds. The number of carbonyl (C=O) groups is 6. The van der Waals surface area contributed by atoms with Crippen molar-refractivity contribution < 1.29 is 72.2 Å². The molecule has 16 nitrogen and oxygen atoms in total. The number of amides is 1. The van der Waals surface area contributed by atoms with Crippen molar-refractivity contribution in [2.24, 2.45) is 16.7 Å². The molecule has 4 N–H and O–H groups in total. The van der Waals surface area contributed by atoms with Crippen LogP contribution in [-0.4, -0.2) is 98.4 Å². The molecule has 5 aliphatic rings. The zero-order chi connectivity index (χ0) is 44.4. The number of nitrogens with one attached hydrogen (secondary N) is 1. The molecule has 2 saturated carbocycles. The Balaban J connectivity index is 1.43. The molecule has 3 aromatic rings. The fourth-order valence-corrected chi connectivity index (χ4v) is 10.3. The van der Waals surface area contributed by atoms with Gasteiger partial charge >= 0.3 is 23.9 Å². The first kappa shape index (κ1) is 43.4. The number of Topliss-reactive ketones (excluding diaryl/α,β-unsaturated/α-hetero) is 1. The Bertz CT molecular complexity index is 2270. The van der Waals surface area contributed by atoms with Gasteiger partial charge in [0.2, 0.25) is 5.78 Å². The van der Waals surface area contributed by atoms with Crippen molar-refractivity contribution in [2.45, 2.75) is 115 Å². The van der Waals surface area contributed by atoms with E-state index < -0.39 is 112 Å². The van der Waals surface area contributed by atoms with E-state index in [1.165, 1.54) is 65.3 Å². The average molecular weight is 844 g/mol. The highest BCUT2D eigenvalue weighted by Gasteiger charge is 2.81. The summed E-state index contributed by atoms with van der Waals surface area (Å²) in [4.78, 5) is 83.7. The number of rotatable bonds is 10. The van der Waals surface area contributed by atoms with Gasteiger partial charge in [0.1, 0.15) is 35.8 Å². The fraction of sp³-hybridized carbons (Fsp3) is 0.467. The number of aliphatic hydroxyl groups is 3. The molecule has 3 aliphatic carbocycles. The third-order valence-electron chi connectivity index (χ3n) is 13.3. The number of esters is 4. The van der Waals surface area contributed by atoms with Crippen LogP contribution in [0.3, 0.4) is 0 Å². The number of aliphatic hydroxyl groups excluding tert-OH is 2. The summed E-state index contributed by atoms with van der Waals surface area (Å²) in [6.45, 7) is 9.47. The van der Waals surface area contributed by atoms with E-state index in [0.29, 0.717) is 5.56 Å². The number of hydrogen-bond acceptors (Lipinski definition) is 15. The molecule has 2 aromatic carbocycles. The molecule has 11 atom stereocenters. The second-order valence-electron chi connectivity index (χ2n) is 17.2. The Labute approximate surface area is 351 Å². The summed E-state index contributed by atoms with van der Waals surface area (Å²) in [5, 5.41) is 40.1. The summed E-state index contributed by atoms with van der Waals surface area (Å²) < 4.78 is 36.2. The summed E-state index contributed by atoms with van der Waals surface area (Å²) in [7, 11) is 0. The number of ether oxygens (including phenoxy) is 5. The van der Waals surface area contributed by atoms with E-state index in [0.717, 1.165) is 13.8 Å². The van der Waals surface area contributed by atoms with Crippen LogP contribution in [0.5, 0.6) is 0 Å². The van der Waals surface area contributed by atoms with Crippen molar-refractivity contribution >= 4 is 35.6 Å². The van der Waals surface area contributed by atoms with Gasteiger partial charge in [0.25, 0.3) is 11.7 Å². The molecule has 8 rings (SSSR count). The molecule has 16 heteroatoms. The standard InChI is InChI=1S/C45H49NO15/c1-23-29(57-39(53)33(50)32(26-14-10-8-11-15-26)46-37(51)28-18-19-56-22-28)21-44(55)36(58-38(52)27-16-12-9-13-17-27)35-42(6)30(49)20-31(43(35,7)59-24(2)47)61-45(40(42)54,60-25(3)48)34(23)41(44,4)5/h8-19,22,29-33,35-36,49-50,55H,20-21H2,1-7H3,(H,46,51)/t29-,30-,31+,32-,33+,35-,36-,42+,43-,44+,45-/m0/s1. The van der Waals surface area contributed by atoms with Crippen molar-refractivity contribution in [3.05, 3.63) is 107 Å². The lowest BCUT2D eigenvalue weighted by Crippen LogP contribution is -2.76. The highest BCUT2D eigenvalue weighted by Crippen LogP contribution is 2.67. The zero-order valence-corrected chi connectivity index (χ0v) is 34.7. The van der Waals surface area contributed by atoms with E-state index >= 15 is 4.79 Å². The number of fused-ring (bicyclic) bond motifs is 3. The van der Waals surface area contributed by atoms with Gasteiger partial charge in [0.05, 0.1) is 40.9 Å². The van der Waals surface area contributed by atoms with Crippen molar-refractivity contribution in [3.8, 4) is 0 Å². The number of hydrogen-bond donors (Lipinski definition) is 4. The fourth-order valence-electron chi connectivity index (χ4n) is 10.3. The summed E-state index contributed by atoms with van der Waals surface area (Å²) in [5.41, 5.74) is -7.95. The molecule has 324 valence electrons. The Morgan fingerprint density at radius 3 is 2.08 bits per heavy atom. The van der Waals surface area contributed by atoms with Crippen molar-refractivity contribution in [3.63, 3.8) is 0 Å². The van der Waals surface area contributed by atoms with Crippen LogP contribution in [0.2, 0.25) is 0 Å². The van der Waals surface area contributed by atoms with Gasteiger partial charge < -0.3 is 48.7 Å². The van der Waals surface area contributed by atoms with Crippen LogP contribution in [-0.2, 0) is 42.9 Å². The van der Waals surface area contributed by atoms with Gasteiger partial charge in [0.15, 0.2) is 6.10 Å². The topological polar surface area (TPSA) is 234 Å². The van der Waals surface area contributed by atoms with Gasteiger partial charge in [-0.05, 0) is 50.1 Å². The van der Waals surface area contributed by atoms with Crippen LogP contribution in [0.25, 0.3) is 0 Å². The van der Waals surface area contributed by atoms with E-state index in [2.05, 4.69) is 5.32 Å². The van der Waals surface area contributed by atoms with Crippen molar-refractivity contribution in [1.82, 2.24) is 5.32 Å². The van der Waals surface area contributed by atoms with Gasteiger partial charge in [-0.25, -0.2) is 9.59 Å². The third-order valence-corrected chi connectivity index (χ3v) is 13.3. The molecule has 2 aliphatic heterocycles. The SMILES string of the molecule is CC(=O)O[C@@]12O[C@@H]3C[C@H](O)[C@@](C)(C1=O)[C@H]([C@H](OC(=O)c1ccccc1)[C@]1(O)C[C@H](OC(=O)[C@H](O)[C@@H](NC(=O)c4ccoc4)c4ccccc4)C(C)=C2C1(C)C)[C@@]3(C)OC(C)=O. The van der Waals surface area contributed by atoms with Crippen LogP contribution >= 0.6 is 0 Å². The van der Waals surface area contributed by atoms with Gasteiger partial charge in [-0.3, -0.25) is 19.2 Å². The normalized spacial score (nSPS) is 33.3. The molecule has 2 saturated heterocycles. The first-order valence-electron chi connectivity index (χ1n) is 19.9. The first-order valence-corrected chi connectivity index (χ1v) is 19.9. The maximum Gasteiger partial charge on any atom is 0.338 e. The minimum atomic E-state index is -2.75. The van der Waals surface area contributed by atoms with Crippen LogP contribution in [0.1, 0.15) is 93.6 Å². The van der Waals surface area contributed by atoms with E-state index in [9.17, 15) is 39.3 Å². The van der Waals surface area contributed by atoms with Crippen molar-refractivity contribution in [1.29, 1.82) is 0 Å². The lowest BCUT2D eigenvalue weighted by molar-refractivity contribution is -0.266. The Hall–Kier alpha value is -5.68. The first-order chi connectivity index (χ1) is 28.6. The quantitative estimate of drug-likeness (QED) is 0.130. The predicted octanol–water partition coefficient (Wildman–Crippen LogP) is 3.68. The molecule has 4 fully saturated rings. The maximum absolute atomic E-state index is 15.7. The van der Waals surface area contributed by atoms with E-state index in [1.54, 1.807) is 48.5 Å². The lowest BCUT2D eigenvalue weighted by Gasteiger charge is -2.62. The Kier molecular flexibility index (Phi) is 10.9. The van der Waals surface area contributed by atoms with E-state index in [1.807, 2.05) is 0 Å². The Morgan fingerprint density at radius 2 is 1.49 bits per heavy atom. The summed E-state index contributed by atoms with van der Waals surface area (Å²) >= 11 is 0. The maximum atomic E-state index is 15.7. The minimum absolute atomic E-state index is 0.0553. The van der Waals surface area contributed by atoms with E-state index in [-0.39, 0.29) is 28.7 Å². The molecule has 0 unspecified atom stereocenters. The second-order valence-corrected chi connectivity index (χ2v) is 17.2. The largest absolute Gasteiger partial charge is 0.472 e. The molecule has 0 spiro atoms. The molecule has 6 bridgehead atoms. The van der Waals surface area contributed by atoms with Crippen molar-refractivity contribution in [2.75, 3.05) is 0 Å². The molecule has 0 radical (unpaired) electrons. The summed E-state index contributed by atoms with van der Waals surface area (Å²) in [6.07, 6.45) is -6.95. The number of ketones is 1. The van der Waals surface area contributed by atoms with Gasteiger partial charge in [-0.1, -0.05) is 62.4 Å². The van der Waals surface area contributed by atoms with Gasteiger partial charge in [-0.15, -0.1) is 0 Å². The van der Waals surface area contributed by atoms with Crippen LogP contribution in [0.15, 0.2) is 94.8 Å². The molecular weight excluding hydrogens is 794 g/mol. The monoisotopic (exact) mass is 843 g/mol. The molecular formula is C45H49NO15. The number of carbonyl (C=O) groups excluding carboxylic acids is 6. The molecule has 3 heterocycles. The van der Waals surface area contributed by atoms with Gasteiger partial charge in [0, 0.05) is 37.7 Å². The Morgan fingerprint density at radius 1 is 0.869 bits per heavy atom.